The molecule has 1 saturated heterocycles. The second kappa shape index (κ2) is 6.14. The summed E-state index contributed by atoms with van der Waals surface area (Å²) in [5.41, 5.74) is -0.510. The van der Waals surface area contributed by atoms with E-state index in [9.17, 15) is 18.8 Å². The fraction of sp³-hybridized carbons (Fsp3) is 0.125. The quantitative estimate of drug-likeness (QED) is 0.575. The van der Waals surface area contributed by atoms with E-state index >= 15 is 0 Å². The zero-order valence-corrected chi connectivity index (χ0v) is 13.6. The van der Waals surface area contributed by atoms with Crippen molar-refractivity contribution < 1.29 is 18.8 Å². The molecule has 1 aliphatic heterocycles. The first-order valence-electron chi connectivity index (χ1n) is 7.17. The molecule has 0 bridgehead atoms. The second-order valence-electron chi connectivity index (χ2n) is 5.53. The minimum atomic E-state index is -1.19. The van der Waals surface area contributed by atoms with Crippen molar-refractivity contribution in [2.45, 2.75) is 12.5 Å². The lowest BCUT2D eigenvalue weighted by Gasteiger charge is -2.21. The van der Waals surface area contributed by atoms with Crippen molar-refractivity contribution in [2.75, 3.05) is 5.32 Å². The molecule has 3 N–H and O–H groups in total. The Hall–Kier alpha value is -3.00. The van der Waals surface area contributed by atoms with E-state index in [1.54, 1.807) is 19.1 Å². The van der Waals surface area contributed by atoms with Crippen molar-refractivity contribution in [1.82, 2.24) is 15.6 Å². The van der Waals surface area contributed by atoms with E-state index in [0.717, 1.165) is 0 Å². The fourth-order valence-electron chi connectivity index (χ4n) is 2.43. The average Bonchev–Trinajstić information content (AvgIpc) is 2.84. The molecule has 25 heavy (non-hydrogen) atoms. The first-order valence-corrected chi connectivity index (χ1v) is 7.54. The number of anilines is 1. The smallest absolute Gasteiger partial charge is 0.322 e. The van der Waals surface area contributed by atoms with Gasteiger partial charge in [-0.3, -0.25) is 14.9 Å². The Kier molecular flexibility index (Phi) is 4.13. The van der Waals surface area contributed by atoms with Crippen molar-refractivity contribution in [3.05, 3.63) is 58.6 Å². The van der Waals surface area contributed by atoms with Crippen LogP contribution in [0.15, 0.2) is 36.5 Å². The van der Waals surface area contributed by atoms with Gasteiger partial charge in [0.05, 0.1) is 5.56 Å². The molecule has 3 rings (SSSR count). The van der Waals surface area contributed by atoms with Crippen LogP contribution in [0.1, 0.15) is 22.8 Å². The van der Waals surface area contributed by atoms with Gasteiger partial charge in [0.1, 0.15) is 5.54 Å². The number of urea groups is 1. The molecular formula is C16H12ClFN4O3. The third-order valence-electron chi connectivity index (χ3n) is 3.86. The van der Waals surface area contributed by atoms with Crippen LogP contribution in [0, 0.1) is 5.82 Å². The predicted molar refractivity (Wildman–Crippen MR) is 87.6 cm³/mol. The van der Waals surface area contributed by atoms with E-state index in [1.807, 2.05) is 0 Å². The Morgan fingerprint density at radius 1 is 1.24 bits per heavy atom. The molecule has 2 aromatic rings. The summed E-state index contributed by atoms with van der Waals surface area (Å²) < 4.78 is 13.8. The van der Waals surface area contributed by atoms with Gasteiger partial charge >= 0.3 is 6.03 Å². The lowest BCUT2D eigenvalue weighted by Crippen LogP contribution is -2.40. The van der Waals surface area contributed by atoms with E-state index in [0.29, 0.717) is 11.3 Å². The van der Waals surface area contributed by atoms with Crippen molar-refractivity contribution in [1.29, 1.82) is 0 Å². The molecule has 4 amide bonds. The number of carbonyl (C=O) groups excluding carboxylic acids is 3. The van der Waals surface area contributed by atoms with Gasteiger partial charge in [-0.25, -0.2) is 14.2 Å². The van der Waals surface area contributed by atoms with Gasteiger partial charge in [0.15, 0.2) is 11.0 Å². The molecule has 0 aliphatic carbocycles. The molecule has 1 aliphatic rings. The number of amides is 4. The molecule has 9 heteroatoms. The molecule has 0 saturated carbocycles. The number of hydrogen-bond acceptors (Lipinski definition) is 4. The molecule has 128 valence electrons. The Labute approximate surface area is 146 Å². The second-order valence-corrected chi connectivity index (χ2v) is 5.89. The lowest BCUT2D eigenvalue weighted by atomic mass is 9.92. The van der Waals surface area contributed by atoms with Gasteiger partial charge in [0, 0.05) is 11.9 Å². The molecule has 1 aromatic carbocycles. The van der Waals surface area contributed by atoms with Gasteiger partial charge in [-0.1, -0.05) is 23.7 Å². The van der Waals surface area contributed by atoms with Crippen LogP contribution < -0.4 is 16.0 Å². The molecule has 0 spiro atoms. The van der Waals surface area contributed by atoms with Gasteiger partial charge in [-0.15, -0.1) is 0 Å². The molecule has 1 fully saturated rings. The number of nitrogens with zero attached hydrogens (tertiary/aromatic N) is 1. The van der Waals surface area contributed by atoms with Crippen molar-refractivity contribution in [3.63, 3.8) is 0 Å². The Morgan fingerprint density at radius 2 is 1.92 bits per heavy atom. The minimum absolute atomic E-state index is 0.238. The van der Waals surface area contributed by atoms with E-state index < -0.39 is 29.2 Å². The predicted octanol–water partition coefficient (Wildman–Crippen LogP) is 2.18. The Balaban J connectivity index is 1.79. The summed E-state index contributed by atoms with van der Waals surface area (Å²) in [5, 5.41) is 6.84. The highest BCUT2D eigenvalue weighted by Gasteiger charge is 2.43. The monoisotopic (exact) mass is 362 g/mol. The van der Waals surface area contributed by atoms with Gasteiger partial charge in [0.2, 0.25) is 0 Å². The molecule has 1 aromatic heterocycles. The molecule has 1 unspecified atom stereocenters. The Morgan fingerprint density at radius 3 is 2.52 bits per heavy atom. The number of benzene rings is 1. The van der Waals surface area contributed by atoms with Gasteiger partial charge < -0.3 is 10.6 Å². The zero-order chi connectivity index (χ0) is 18.2. The summed E-state index contributed by atoms with van der Waals surface area (Å²) >= 11 is 5.56. The summed E-state index contributed by atoms with van der Waals surface area (Å²) in [4.78, 5) is 38.9. The highest BCUT2D eigenvalue weighted by Crippen LogP contribution is 2.26. The SMILES string of the molecule is CC1(c2ccc(NC(=O)c3ccnc(Cl)c3F)cc2)NC(=O)NC1=O. The third-order valence-corrected chi connectivity index (χ3v) is 4.12. The zero-order valence-electron chi connectivity index (χ0n) is 12.9. The number of pyridine rings is 1. The van der Waals surface area contributed by atoms with Crippen LogP contribution in [0.25, 0.3) is 0 Å². The highest BCUT2D eigenvalue weighted by atomic mass is 35.5. The van der Waals surface area contributed by atoms with Crippen molar-refractivity contribution in [2.24, 2.45) is 0 Å². The maximum atomic E-state index is 13.8. The molecule has 7 nitrogen and oxygen atoms in total. The maximum absolute atomic E-state index is 13.8. The van der Waals surface area contributed by atoms with Crippen molar-refractivity contribution >= 4 is 35.1 Å². The van der Waals surface area contributed by atoms with E-state index in [-0.39, 0.29) is 10.7 Å². The number of nitrogens with one attached hydrogen (secondary N) is 3. The standard InChI is InChI=1S/C16H12ClFN4O3/c1-16(14(24)21-15(25)22-16)8-2-4-9(5-3-8)20-13(23)10-6-7-19-12(17)11(10)18/h2-7H,1H3,(H,20,23)(H2,21,22,24,25). The normalized spacial score (nSPS) is 19.3. The number of halogens is 2. The van der Waals surface area contributed by atoms with Crippen LogP contribution in [-0.2, 0) is 10.3 Å². The molecular weight excluding hydrogens is 351 g/mol. The largest absolute Gasteiger partial charge is 0.322 e. The number of hydrogen-bond donors (Lipinski definition) is 3. The summed E-state index contributed by atoms with van der Waals surface area (Å²) in [6.07, 6.45) is 1.23. The summed E-state index contributed by atoms with van der Waals surface area (Å²) in [6, 6.07) is 6.88. The number of rotatable bonds is 3. The summed E-state index contributed by atoms with van der Waals surface area (Å²) in [5.74, 6) is -2.06. The van der Waals surface area contributed by atoms with Crippen LogP contribution in [-0.4, -0.2) is 22.8 Å². The third kappa shape index (κ3) is 3.03. The molecule has 1 atom stereocenters. The summed E-state index contributed by atoms with van der Waals surface area (Å²) in [7, 11) is 0. The fourth-order valence-corrected chi connectivity index (χ4v) is 2.58. The van der Waals surface area contributed by atoms with Crippen LogP contribution in [0.3, 0.4) is 0 Å². The first kappa shape index (κ1) is 16.8. The van der Waals surface area contributed by atoms with E-state index in [2.05, 4.69) is 20.9 Å². The topological polar surface area (TPSA) is 100 Å². The van der Waals surface area contributed by atoms with Crippen LogP contribution in [0.5, 0.6) is 0 Å². The van der Waals surface area contributed by atoms with E-state index in [1.165, 1.54) is 24.4 Å². The van der Waals surface area contributed by atoms with Crippen LogP contribution >= 0.6 is 11.6 Å². The first-order chi connectivity index (χ1) is 11.8. The number of imide groups is 1. The highest BCUT2D eigenvalue weighted by molar-refractivity contribution is 6.30. The van der Waals surface area contributed by atoms with E-state index in [4.69, 9.17) is 11.6 Å². The average molecular weight is 363 g/mol. The minimum Gasteiger partial charge on any atom is -0.322 e. The Bertz CT molecular complexity index is 887. The van der Waals surface area contributed by atoms with Crippen LogP contribution in [0.4, 0.5) is 14.9 Å². The molecule has 0 radical (unpaired) electrons. The lowest BCUT2D eigenvalue weighted by molar-refractivity contribution is -0.123. The van der Waals surface area contributed by atoms with Gasteiger partial charge in [0.25, 0.3) is 11.8 Å². The maximum Gasteiger partial charge on any atom is 0.322 e. The van der Waals surface area contributed by atoms with Gasteiger partial charge in [-0.05, 0) is 30.7 Å². The van der Waals surface area contributed by atoms with Crippen molar-refractivity contribution in [3.8, 4) is 0 Å². The van der Waals surface area contributed by atoms with Gasteiger partial charge in [-0.2, -0.15) is 0 Å². The number of carbonyl (C=O) groups is 3. The molecule has 2 heterocycles. The van der Waals surface area contributed by atoms with Crippen LogP contribution in [0.2, 0.25) is 5.15 Å². The summed E-state index contributed by atoms with van der Waals surface area (Å²) in [6.45, 7) is 1.56. The number of aromatic nitrogens is 1.